The Balaban J connectivity index is 1.18. The Labute approximate surface area is 277 Å². The van der Waals surface area contributed by atoms with Gasteiger partial charge >= 0.3 is 0 Å². The molecule has 6 rings (SSSR count). The molecule has 2 atom stereocenters. The number of amides is 2. The van der Waals surface area contributed by atoms with E-state index in [0.29, 0.717) is 70.2 Å². The van der Waals surface area contributed by atoms with E-state index in [0.717, 1.165) is 42.2 Å². The van der Waals surface area contributed by atoms with Gasteiger partial charge in [-0.3, -0.25) is 14.5 Å². The second-order valence-electron chi connectivity index (χ2n) is 13.6. The molecule has 1 aliphatic carbocycles. The maximum Gasteiger partial charge on any atom is 0.268 e. The number of carbonyl (C=O) groups excluding carboxylic acids is 2. The average Bonchev–Trinajstić information content (AvgIpc) is 3.67. The molecular formula is C36H45N5O5S. The number of nitrogens with zero attached hydrogens (tertiary/aromatic N) is 4. The minimum atomic E-state index is -3.83. The highest BCUT2D eigenvalue weighted by molar-refractivity contribution is 7.90. The highest BCUT2D eigenvalue weighted by Gasteiger charge is 2.42. The van der Waals surface area contributed by atoms with Crippen molar-refractivity contribution >= 4 is 32.7 Å². The van der Waals surface area contributed by atoms with Crippen LogP contribution in [0.4, 0.5) is 0 Å². The highest BCUT2D eigenvalue weighted by atomic mass is 32.2. The fourth-order valence-corrected chi connectivity index (χ4v) is 8.84. The van der Waals surface area contributed by atoms with Crippen LogP contribution in [0.3, 0.4) is 0 Å². The van der Waals surface area contributed by atoms with Gasteiger partial charge in [-0.15, -0.1) is 0 Å². The zero-order chi connectivity index (χ0) is 33.0. The van der Waals surface area contributed by atoms with Gasteiger partial charge in [0.2, 0.25) is 11.8 Å². The largest absolute Gasteiger partial charge is 0.378 e. The second kappa shape index (κ2) is 14.2. The first-order valence-corrected chi connectivity index (χ1v) is 18.3. The Bertz CT molecular complexity index is 1740. The van der Waals surface area contributed by atoms with Crippen LogP contribution < -0.4 is 5.32 Å². The summed E-state index contributed by atoms with van der Waals surface area (Å²) in [7, 11) is -3.83. The van der Waals surface area contributed by atoms with Gasteiger partial charge in [-0.25, -0.2) is 12.4 Å². The summed E-state index contributed by atoms with van der Waals surface area (Å²) < 4.78 is 34.1. The lowest BCUT2D eigenvalue weighted by molar-refractivity contribution is -0.140. The van der Waals surface area contributed by atoms with E-state index >= 15 is 0 Å². The summed E-state index contributed by atoms with van der Waals surface area (Å²) >= 11 is 0. The summed E-state index contributed by atoms with van der Waals surface area (Å²) in [4.78, 5) is 31.3. The predicted octanol–water partition coefficient (Wildman–Crippen LogP) is 4.61. The molecule has 10 nitrogen and oxygen atoms in total. The SMILES string of the molecule is Cc1ccc(S(=O)(=O)n2cc(CN3CCC(C#N)(NC(=O)C(CC(=O)N4CCOCC4)CC4CCCCC4)C3)c3ccccc32)cc1. The number of hydrogen-bond donors (Lipinski definition) is 1. The summed E-state index contributed by atoms with van der Waals surface area (Å²) in [6.07, 6.45) is 8.58. The lowest BCUT2D eigenvalue weighted by Crippen LogP contribution is -2.52. The van der Waals surface area contributed by atoms with Crippen molar-refractivity contribution in [2.75, 3.05) is 39.4 Å². The molecule has 2 amide bonds. The van der Waals surface area contributed by atoms with Crippen molar-refractivity contribution in [3.63, 3.8) is 0 Å². The molecule has 1 N–H and O–H groups in total. The molecule has 3 aromatic rings. The molecule has 1 aromatic heterocycles. The van der Waals surface area contributed by atoms with E-state index in [2.05, 4.69) is 16.3 Å². The van der Waals surface area contributed by atoms with Gasteiger partial charge < -0.3 is 15.0 Å². The molecule has 0 bridgehead atoms. The Morgan fingerprint density at radius 2 is 1.77 bits per heavy atom. The average molecular weight is 660 g/mol. The molecule has 250 valence electrons. The van der Waals surface area contributed by atoms with Gasteiger partial charge in [-0.2, -0.15) is 5.26 Å². The maximum absolute atomic E-state index is 13.9. The molecule has 2 saturated heterocycles. The number of likely N-dealkylation sites (tertiary alicyclic amines) is 1. The number of morpholine rings is 1. The third kappa shape index (κ3) is 7.40. The van der Waals surface area contributed by atoms with E-state index in [9.17, 15) is 23.3 Å². The third-order valence-corrected chi connectivity index (χ3v) is 11.8. The van der Waals surface area contributed by atoms with E-state index in [1.165, 1.54) is 10.4 Å². The molecule has 11 heteroatoms. The number of benzene rings is 2. The molecule has 2 aliphatic heterocycles. The van der Waals surface area contributed by atoms with Crippen molar-refractivity contribution < 1.29 is 22.7 Å². The Morgan fingerprint density at radius 3 is 2.49 bits per heavy atom. The lowest BCUT2D eigenvalue weighted by Gasteiger charge is -2.32. The van der Waals surface area contributed by atoms with Crippen LogP contribution in [0.5, 0.6) is 0 Å². The van der Waals surface area contributed by atoms with E-state index in [-0.39, 0.29) is 23.1 Å². The Morgan fingerprint density at radius 1 is 1.04 bits per heavy atom. The van der Waals surface area contributed by atoms with Crippen molar-refractivity contribution in [3.8, 4) is 6.07 Å². The van der Waals surface area contributed by atoms with Gasteiger partial charge in [0.1, 0.15) is 5.54 Å². The number of nitriles is 1. The zero-order valence-electron chi connectivity index (χ0n) is 27.2. The first-order valence-electron chi connectivity index (χ1n) is 16.9. The molecule has 3 heterocycles. The normalized spacial score (nSPS) is 21.8. The molecule has 1 saturated carbocycles. The lowest BCUT2D eigenvalue weighted by atomic mass is 9.81. The van der Waals surface area contributed by atoms with Gasteiger partial charge in [0.15, 0.2) is 0 Å². The fraction of sp³-hybridized carbons (Fsp3) is 0.528. The van der Waals surface area contributed by atoms with Crippen molar-refractivity contribution in [1.29, 1.82) is 5.26 Å². The van der Waals surface area contributed by atoms with Gasteiger partial charge in [0.25, 0.3) is 10.0 Å². The second-order valence-corrected chi connectivity index (χ2v) is 15.4. The smallest absolute Gasteiger partial charge is 0.268 e. The van der Waals surface area contributed by atoms with Gasteiger partial charge in [0.05, 0.1) is 29.7 Å². The van der Waals surface area contributed by atoms with Crippen LogP contribution in [0, 0.1) is 30.1 Å². The highest BCUT2D eigenvalue weighted by Crippen LogP contribution is 2.33. The van der Waals surface area contributed by atoms with Crippen LogP contribution in [0.25, 0.3) is 10.9 Å². The third-order valence-electron chi connectivity index (χ3n) is 10.2. The number of fused-ring (bicyclic) bond motifs is 1. The minimum absolute atomic E-state index is 0.0275. The molecule has 47 heavy (non-hydrogen) atoms. The van der Waals surface area contributed by atoms with Crippen LogP contribution in [-0.4, -0.2) is 78.9 Å². The van der Waals surface area contributed by atoms with Crippen molar-refractivity contribution in [2.45, 2.75) is 75.3 Å². The van der Waals surface area contributed by atoms with E-state index in [1.807, 2.05) is 25.1 Å². The standard InChI is InChI=1S/C36H45N5O5S/c1-27-11-13-31(14-12-27)47(44,45)41-24-30(32-9-5-6-10-33(32)41)23-39-16-15-36(25-37,26-39)38-35(43)29(21-28-7-3-2-4-8-28)22-34(42)40-17-19-46-20-18-40/h5-6,9-14,24,28-29H,2-4,7-8,15-23,26H2,1H3,(H,38,43). The number of rotatable bonds is 10. The fourth-order valence-electron chi connectivity index (χ4n) is 7.45. The number of aromatic nitrogens is 1. The number of hydrogen-bond acceptors (Lipinski definition) is 7. The van der Waals surface area contributed by atoms with Gasteiger partial charge in [-0.05, 0) is 49.4 Å². The maximum atomic E-state index is 13.9. The summed E-state index contributed by atoms with van der Waals surface area (Å²) in [5.74, 6) is -0.331. The summed E-state index contributed by atoms with van der Waals surface area (Å²) in [6, 6.07) is 16.7. The number of para-hydroxylation sites is 1. The predicted molar refractivity (Wildman–Crippen MR) is 179 cm³/mol. The van der Waals surface area contributed by atoms with Crippen LogP contribution >= 0.6 is 0 Å². The van der Waals surface area contributed by atoms with Gasteiger partial charge in [0, 0.05) is 56.6 Å². The molecule has 3 aliphatic rings. The molecule has 0 spiro atoms. The molecule has 2 unspecified atom stereocenters. The van der Waals surface area contributed by atoms with Crippen LogP contribution in [0.15, 0.2) is 59.6 Å². The molecule has 2 aromatic carbocycles. The van der Waals surface area contributed by atoms with Crippen molar-refractivity contribution in [2.24, 2.45) is 11.8 Å². The number of ether oxygens (including phenoxy) is 1. The van der Waals surface area contributed by atoms with E-state index in [4.69, 9.17) is 4.74 Å². The minimum Gasteiger partial charge on any atom is -0.378 e. The molecule has 0 radical (unpaired) electrons. The first kappa shape index (κ1) is 33.2. The van der Waals surface area contributed by atoms with Gasteiger partial charge in [-0.1, -0.05) is 68.0 Å². The quantitative estimate of drug-likeness (QED) is 0.337. The van der Waals surface area contributed by atoms with Crippen molar-refractivity contribution in [1.82, 2.24) is 19.1 Å². The first-order chi connectivity index (χ1) is 22.7. The van der Waals surface area contributed by atoms with Crippen molar-refractivity contribution in [3.05, 3.63) is 65.9 Å². The van der Waals surface area contributed by atoms with E-state index in [1.54, 1.807) is 41.4 Å². The Kier molecular flexibility index (Phi) is 10.0. The number of aryl methyl sites for hydroxylation is 1. The Hall–Kier alpha value is -3.72. The van der Waals surface area contributed by atoms with Crippen LogP contribution in [0.1, 0.15) is 62.5 Å². The van der Waals surface area contributed by atoms with Crippen LogP contribution in [0.2, 0.25) is 0 Å². The molecular weight excluding hydrogens is 614 g/mol. The van der Waals surface area contributed by atoms with Crippen LogP contribution in [-0.2, 0) is 30.9 Å². The zero-order valence-corrected chi connectivity index (χ0v) is 28.0. The topological polar surface area (TPSA) is 125 Å². The monoisotopic (exact) mass is 659 g/mol. The molecule has 3 fully saturated rings. The summed E-state index contributed by atoms with van der Waals surface area (Å²) in [5.41, 5.74) is 1.32. The summed E-state index contributed by atoms with van der Waals surface area (Å²) in [5, 5.41) is 14.3. The number of nitrogens with one attached hydrogen (secondary N) is 1. The van der Waals surface area contributed by atoms with E-state index < -0.39 is 21.5 Å². The summed E-state index contributed by atoms with van der Waals surface area (Å²) in [6.45, 7) is 5.32. The number of carbonyl (C=O) groups is 2.